The Morgan fingerprint density at radius 1 is 0.528 bits per heavy atom. The molecule has 0 aliphatic carbocycles. The van der Waals surface area contributed by atoms with Crippen molar-refractivity contribution in [2.75, 3.05) is 19.6 Å². The number of imide groups is 3. The molecule has 0 spiro atoms. The van der Waals surface area contributed by atoms with E-state index in [0.29, 0.717) is 19.3 Å². The molecule has 3 fully saturated rings. The summed E-state index contributed by atoms with van der Waals surface area (Å²) < 4.78 is 0. The van der Waals surface area contributed by atoms with Crippen LogP contribution in [0.3, 0.4) is 0 Å². The van der Waals surface area contributed by atoms with E-state index in [2.05, 4.69) is 0 Å². The Morgan fingerprint density at radius 3 is 0.972 bits per heavy atom. The van der Waals surface area contributed by atoms with Gasteiger partial charge in [0.25, 0.3) is 0 Å². The van der Waals surface area contributed by atoms with E-state index in [1.807, 2.05) is 18.2 Å². The van der Waals surface area contributed by atoms with Gasteiger partial charge in [0.2, 0.25) is 35.4 Å². The normalized spacial score (nSPS) is 24.8. The molecule has 0 radical (unpaired) electrons. The number of carbonyl (C=O) groups is 6. The van der Waals surface area contributed by atoms with Crippen LogP contribution < -0.4 is 0 Å². The van der Waals surface area contributed by atoms with Crippen molar-refractivity contribution in [3.05, 3.63) is 34.9 Å². The third-order valence-corrected chi connectivity index (χ3v) is 7.39. The monoisotopic (exact) mass is 495 g/mol. The summed E-state index contributed by atoms with van der Waals surface area (Å²) in [7, 11) is 0. The number of hydrogen-bond acceptors (Lipinski definition) is 6. The molecule has 3 aliphatic heterocycles. The van der Waals surface area contributed by atoms with Gasteiger partial charge in [-0.25, -0.2) is 0 Å². The van der Waals surface area contributed by atoms with E-state index in [4.69, 9.17) is 0 Å². The van der Waals surface area contributed by atoms with E-state index < -0.39 is 0 Å². The van der Waals surface area contributed by atoms with Crippen LogP contribution in [0.5, 0.6) is 0 Å². The van der Waals surface area contributed by atoms with Gasteiger partial charge in [-0.05, 0) is 36.0 Å². The molecule has 192 valence electrons. The third-order valence-electron chi connectivity index (χ3n) is 7.39. The summed E-state index contributed by atoms with van der Waals surface area (Å²) in [5, 5.41) is 0. The minimum Gasteiger partial charge on any atom is -0.282 e. The third kappa shape index (κ3) is 5.24. The Labute approximate surface area is 210 Å². The van der Waals surface area contributed by atoms with Crippen molar-refractivity contribution in [1.82, 2.24) is 14.7 Å². The zero-order valence-electron chi connectivity index (χ0n) is 21.1. The molecule has 3 unspecified atom stereocenters. The Hall–Kier alpha value is -3.36. The van der Waals surface area contributed by atoms with Crippen molar-refractivity contribution in [2.45, 2.75) is 59.3 Å². The van der Waals surface area contributed by atoms with Gasteiger partial charge in [-0.3, -0.25) is 43.5 Å². The van der Waals surface area contributed by atoms with Crippen molar-refractivity contribution in [1.29, 1.82) is 0 Å². The number of amides is 6. The number of benzene rings is 1. The molecule has 3 saturated heterocycles. The maximum atomic E-state index is 12.3. The Bertz CT molecular complexity index is 978. The molecule has 3 atom stereocenters. The fraction of sp³-hybridized carbons (Fsp3) is 0.556. The molecule has 0 bridgehead atoms. The largest absolute Gasteiger partial charge is 0.282 e. The van der Waals surface area contributed by atoms with Crippen molar-refractivity contribution in [2.24, 2.45) is 17.8 Å². The molecule has 3 heterocycles. The van der Waals surface area contributed by atoms with Gasteiger partial charge in [-0.2, -0.15) is 0 Å². The summed E-state index contributed by atoms with van der Waals surface area (Å²) in [5.41, 5.74) is 2.76. The fourth-order valence-electron chi connectivity index (χ4n) is 5.24. The summed E-state index contributed by atoms with van der Waals surface area (Å²) in [6.45, 7) is 6.11. The molecule has 6 amide bonds. The average Bonchev–Trinajstić information content (AvgIpc) is 3.32. The zero-order valence-corrected chi connectivity index (χ0v) is 21.1. The fourth-order valence-corrected chi connectivity index (χ4v) is 5.24. The average molecular weight is 496 g/mol. The lowest BCUT2D eigenvalue weighted by Crippen LogP contribution is -2.33. The van der Waals surface area contributed by atoms with Gasteiger partial charge in [0.1, 0.15) is 0 Å². The highest BCUT2D eigenvalue weighted by molar-refractivity contribution is 6.04. The van der Waals surface area contributed by atoms with Gasteiger partial charge in [0.05, 0.1) is 0 Å². The molecular formula is C27H33N3O6. The number of hydrogen-bond donors (Lipinski definition) is 0. The standard InChI is InChI=1S/C27H33N3O6/c1-16-10-22(31)28(25(16)34)7-4-19-13-20(5-8-29-23(32)11-17(2)26(29)35)15-21(14-19)6-9-30-24(33)12-18(3)27(30)36/h13-18H,4-12H2,1-3H3. The number of nitrogens with zero attached hydrogens (tertiary/aromatic N) is 3. The van der Waals surface area contributed by atoms with Gasteiger partial charge in [-0.1, -0.05) is 39.0 Å². The van der Waals surface area contributed by atoms with Crippen molar-refractivity contribution >= 4 is 35.4 Å². The molecule has 9 heteroatoms. The maximum Gasteiger partial charge on any atom is 0.232 e. The molecule has 4 rings (SSSR count). The second kappa shape index (κ2) is 10.3. The minimum atomic E-state index is -0.296. The number of rotatable bonds is 9. The highest BCUT2D eigenvalue weighted by atomic mass is 16.2. The summed E-state index contributed by atoms with van der Waals surface area (Å²) in [4.78, 5) is 77.4. The van der Waals surface area contributed by atoms with E-state index in [1.165, 1.54) is 14.7 Å². The first-order valence-corrected chi connectivity index (χ1v) is 12.7. The predicted molar refractivity (Wildman–Crippen MR) is 129 cm³/mol. The molecule has 1 aromatic carbocycles. The van der Waals surface area contributed by atoms with Crippen molar-refractivity contribution < 1.29 is 28.8 Å². The smallest absolute Gasteiger partial charge is 0.232 e. The SMILES string of the molecule is CC1CC(=O)N(CCc2cc(CCN3C(=O)CC(C)C3=O)cc(CCN3C(=O)CC(C)C3=O)c2)C1=O. The van der Waals surface area contributed by atoms with Gasteiger partial charge in [0, 0.05) is 56.7 Å². The van der Waals surface area contributed by atoms with E-state index in [0.717, 1.165) is 16.7 Å². The van der Waals surface area contributed by atoms with Crippen LogP contribution in [0.2, 0.25) is 0 Å². The predicted octanol–water partition coefficient (Wildman–Crippen LogP) is 1.50. The van der Waals surface area contributed by atoms with Crippen LogP contribution in [0, 0.1) is 17.8 Å². The van der Waals surface area contributed by atoms with E-state index in [-0.39, 0.29) is 92.1 Å². The molecule has 1 aromatic rings. The topological polar surface area (TPSA) is 112 Å². The van der Waals surface area contributed by atoms with Crippen LogP contribution in [-0.4, -0.2) is 69.8 Å². The van der Waals surface area contributed by atoms with E-state index in [1.54, 1.807) is 20.8 Å². The van der Waals surface area contributed by atoms with E-state index in [9.17, 15) is 28.8 Å². The highest BCUT2D eigenvalue weighted by Gasteiger charge is 2.37. The molecular weight excluding hydrogens is 462 g/mol. The molecule has 0 saturated carbocycles. The Balaban J connectivity index is 1.49. The number of likely N-dealkylation sites (tertiary alicyclic amines) is 3. The lowest BCUT2D eigenvalue weighted by atomic mass is 9.99. The maximum absolute atomic E-state index is 12.3. The van der Waals surface area contributed by atoms with Gasteiger partial charge >= 0.3 is 0 Å². The van der Waals surface area contributed by atoms with Crippen LogP contribution in [0.15, 0.2) is 18.2 Å². The highest BCUT2D eigenvalue weighted by Crippen LogP contribution is 2.23. The quantitative estimate of drug-likeness (QED) is 0.480. The minimum absolute atomic E-state index is 0.156. The summed E-state index contributed by atoms with van der Waals surface area (Å²) in [5.74, 6) is -1.84. The zero-order chi connectivity index (χ0) is 26.1. The van der Waals surface area contributed by atoms with Gasteiger partial charge in [0.15, 0.2) is 0 Å². The lowest BCUT2D eigenvalue weighted by Gasteiger charge is -2.18. The van der Waals surface area contributed by atoms with Gasteiger partial charge < -0.3 is 0 Å². The van der Waals surface area contributed by atoms with Crippen LogP contribution >= 0.6 is 0 Å². The first-order chi connectivity index (χ1) is 17.0. The first-order valence-electron chi connectivity index (χ1n) is 12.7. The molecule has 9 nitrogen and oxygen atoms in total. The van der Waals surface area contributed by atoms with Crippen LogP contribution in [0.25, 0.3) is 0 Å². The molecule has 3 aliphatic rings. The summed E-state index contributed by atoms with van der Waals surface area (Å²) in [6, 6.07) is 5.92. The van der Waals surface area contributed by atoms with Crippen LogP contribution in [0.1, 0.15) is 56.7 Å². The Morgan fingerprint density at radius 2 is 0.778 bits per heavy atom. The summed E-state index contributed by atoms with van der Waals surface area (Å²) in [6.07, 6.45) is 2.12. The second-order valence-corrected chi connectivity index (χ2v) is 10.4. The van der Waals surface area contributed by atoms with Crippen molar-refractivity contribution in [3.63, 3.8) is 0 Å². The van der Waals surface area contributed by atoms with Crippen LogP contribution in [0.4, 0.5) is 0 Å². The van der Waals surface area contributed by atoms with E-state index >= 15 is 0 Å². The first kappa shape index (κ1) is 25.7. The molecule has 0 N–H and O–H groups in total. The number of carbonyl (C=O) groups excluding carboxylic acids is 6. The lowest BCUT2D eigenvalue weighted by molar-refractivity contribution is -0.140. The van der Waals surface area contributed by atoms with Gasteiger partial charge in [-0.15, -0.1) is 0 Å². The molecule has 0 aromatic heterocycles. The summed E-state index contributed by atoms with van der Waals surface area (Å²) >= 11 is 0. The Kier molecular flexibility index (Phi) is 7.38. The molecule has 36 heavy (non-hydrogen) atoms. The van der Waals surface area contributed by atoms with Crippen molar-refractivity contribution in [3.8, 4) is 0 Å². The second-order valence-electron chi connectivity index (χ2n) is 10.4. The van der Waals surface area contributed by atoms with Crippen LogP contribution in [-0.2, 0) is 48.0 Å².